The van der Waals surface area contributed by atoms with E-state index in [9.17, 15) is 0 Å². The van der Waals surface area contributed by atoms with Crippen LogP contribution >= 0.6 is 0 Å². The Hall–Kier alpha value is -2.29. The average molecular weight is 290 g/mol. The van der Waals surface area contributed by atoms with Crippen LogP contribution in [0.1, 0.15) is 12.8 Å². The lowest BCUT2D eigenvalue weighted by Crippen LogP contribution is -2.30. The minimum Gasteiger partial charge on any atom is -0.376 e. The number of ether oxygens (including phenoxy) is 1. The average Bonchev–Trinajstić information content (AvgIpc) is 3.20. The third-order valence-electron chi connectivity index (χ3n) is 3.30. The lowest BCUT2D eigenvalue weighted by atomic mass is 10.2. The van der Waals surface area contributed by atoms with Crippen LogP contribution in [0.2, 0.25) is 0 Å². The molecule has 3 heterocycles. The molecule has 0 bridgehead atoms. The molecule has 1 fully saturated rings. The first-order chi connectivity index (χ1) is 10.3. The Kier molecular flexibility index (Phi) is 3.91. The highest BCUT2D eigenvalue weighted by molar-refractivity contribution is 5.39. The van der Waals surface area contributed by atoms with Gasteiger partial charge in [0.25, 0.3) is 5.95 Å². The fraction of sp³-hybridized carbons (Fsp3) is 0.583. The van der Waals surface area contributed by atoms with Gasteiger partial charge in [0.1, 0.15) is 12.7 Å². The molecule has 1 atom stereocenters. The minimum absolute atomic E-state index is 0.236. The second-order valence-electron chi connectivity index (χ2n) is 4.86. The number of likely N-dealkylation sites (N-methyl/N-ethyl adjacent to an activating group) is 1. The summed E-state index contributed by atoms with van der Waals surface area (Å²) < 4.78 is 7.15. The second kappa shape index (κ2) is 6.00. The lowest BCUT2D eigenvalue weighted by Gasteiger charge is -2.21. The van der Waals surface area contributed by atoms with Crippen LogP contribution in [-0.2, 0) is 4.74 Å². The van der Waals surface area contributed by atoms with Gasteiger partial charge in [0, 0.05) is 27.2 Å². The monoisotopic (exact) mass is 290 g/mol. The molecular formula is C12H18N8O. The molecule has 9 nitrogen and oxygen atoms in total. The number of anilines is 2. The largest absolute Gasteiger partial charge is 0.376 e. The topological polar surface area (TPSA) is 93.9 Å². The van der Waals surface area contributed by atoms with Gasteiger partial charge in [-0.1, -0.05) is 0 Å². The molecule has 0 saturated carbocycles. The Morgan fingerprint density at radius 2 is 2.33 bits per heavy atom. The number of rotatable bonds is 5. The zero-order valence-corrected chi connectivity index (χ0v) is 12.1. The third kappa shape index (κ3) is 3.07. The van der Waals surface area contributed by atoms with Gasteiger partial charge in [-0.15, -0.1) is 0 Å². The zero-order chi connectivity index (χ0) is 14.7. The summed E-state index contributed by atoms with van der Waals surface area (Å²) in [6.07, 6.45) is 5.42. The molecule has 21 heavy (non-hydrogen) atoms. The normalized spacial score (nSPS) is 17.9. The van der Waals surface area contributed by atoms with Gasteiger partial charge in [-0.25, -0.2) is 4.98 Å². The van der Waals surface area contributed by atoms with Gasteiger partial charge < -0.3 is 15.0 Å². The smallest absolute Gasteiger partial charge is 0.258 e. The van der Waals surface area contributed by atoms with Gasteiger partial charge >= 0.3 is 0 Å². The molecule has 1 N–H and O–H groups in total. The standard InChI is InChI=1S/C12H18N8O/c1-13-10-16-11(19(2)6-9-4-3-5-21-9)18-12(17-10)20-8-14-7-15-20/h7-9H,3-6H2,1-2H3,(H,13,16,17,18). The van der Waals surface area contributed by atoms with Crippen LogP contribution in [0.5, 0.6) is 0 Å². The highest BCUT2D eigenvalue weighted by Crippen LogP contribution is 2.16. The minimum atomic E-state index is 0.236. The van der Waals surface area contributed by atoms with Crippen LogP contribution in [-0.4, -0.2) is 63.1 Å². The summed E-state index contributed by atoms with van der Waals surface area (Å²) in [4.78, 5) is 19.0. The van der Waals surface area contributed by atoms with E-state index in [1.807, 2.05) is 11.9 Å². The van der Waals surface area contributed by atoms with Crippen LogP contribution < -0.4 is 10.2 Å². The van der Waals surface area contributed by atoms with Crippen molar-refractivity contribution in [2.24, 2.45) is 0 Å². The highest BCUT2D eigenvalue weighted by atomic mass is 16.5. The first kappa shape index (κ1) is 13.7. The van der Waals surface area contributed by atoms with Gasteiger partial charge in [-0.3, -0.25) is 0 Å². The molecule has 1 aliphatic heterocycles. The molecule has 9 heteroatoms. The van der Waals surface area contributed by atoms with E-state index in [1.54, 1.807) is 13.4 Å². The predicted molar refractivity (Wildman–Crippen MR) is 76.5 cm³/mol. The lowest BCUT2D eigenvalue weighted by molar-refractivity contribution is 0.116. The summed E-state index contributed by atoms with van der Waals surface area (Å²) >= 11 is 0. The second-order valence-corrected chi connectivity index (χ2v) is 4.86. The fourth-order valence-electron chi connectivity index (χ4n) is 2.23. The molecule has 0 radical (unpaired) electrons. The molecule has 1 unspecified atom stereocenters. The maximum atomic E-state index is 5.65. The van der Waals surface area contributed by atoms with E-state index in [2.05, 4.69) is 30.4 Å². The number of nitrogens with one attached hydrogen (secondary N) is 1. The van der Waals surface area contributed by atoms with Gasteiger partial charge in [-0.05, 0) is 12.8 Å². The van der Waals surface area contributed by atoms with Crippen molar-refractivity contribution in [1.82, 2.24) is 29.7 Å². The van der Waals surface area contributed by atoms with E-state index >= 15 is 0 Å². The predicted octanol–water partition coefficient (Wildman–Crippen LogP) is 0.109. The zero-order valence-electron chi connectivity index (χ0n) is 12.1. The van der Waals surface area contributed by atoms with Crippen molar-refractivity contribution >= 4 is 11.9 Å². The van der Waals surface area contributed by atoms with Gasteiger partial charge in [0.2, 0.25) is 11.9 Å². The number of hydrogen-bond acceptors (Lipinski definition) is 8. The summed E-state index contributed by atoms with van der Waals surface area (Å²) in [7, 11) is 3.71. The molecule has 3 rings (SSSR count). The van der Waals surface area contributed by atoms with Crippen molar-refractivity contribution in [3.63, 3.8) is 0 Å². The Morgan fingerprint density at radius 3 is 3.00 bits per heavy atom. The molecule has 0 spiro atoms. The molecule has 0 aromatic carbocycles. The molecule has 0 amide bonds. The molecule has 0 aliphatic carbocycles. The van der Waals surface area contributed by atoms with Crippen molar-refractivity contribution in [1.29, 1.82) is 0 Å². The Labute approximate surface area is 122 Å². The molecular weight excluding hydrogens is 272 g/mol. The maximum Gasteiger partial charge on any atom is 0.258 e. The first-order valence-electron chi connectivity index (χ1n) is 6.88. The van der Waals surface area contributed by atoms with Crippen molar-refractivity contribution < 1.29 is 4.74 Å². The Morgan fingerprint density at radius 1 is 1.43 bits per heavy atom. The summed E-state index contributed by atoms with van der Waals surface area (Å²) in [5, 5.41) is 6.98. The summed E-state index contributed by atoms with van der Waals surface area (Å²) in [5.74, 6) is 1.50. The highest BCUT2D eigenvalue weighted by Gasteiger charge is 2.20. The summed E-state index contributed by atoms with van der Waals surface area (Å²) in [5.41, 5.74) is 0. The Bertz CT molecular complexity index is 581. The Balaban J connectivity index is 1.84. The van der Waals surface area contributed by atoms with Crippen molar-refractivity contribution in [2.75, 3.05) is 37.5 Å². The summed E-state index contributed by atoms with van der Waals surface area (Å²) in [6.45, 7) is 1.59. The van der Waals surface area contributed by atoms with E-state index in [0.29, 0.717) is 17.8 Å². The van der Waals surface area contributed by atoms with Crippen molar-refractivity contribution in [3.05, 3.63) is 12.7 Å². The quantitative estimate of drug-likeness (QED) is 0.829. The van der Waals surface area contributed by atoms with Crippen LogP contribution in [0.25, 0.3) is 5.95 Å². The van der Waals surface area contributed by atoms with E-state index in [1.165, 1.54) is 11.0 Å². The van der Waals surface area contributed by atoms with E-state index in [4.69, 9.17) is 4.74 Å². The fourth-order valence-corrected chi connectivity index (χ4v) is 2.23. The van der Waals surface area contributed by atoms with Crippen LogP contribution in [0, 0.1) is 0 Å². The summed E-state index contributed by atoms with van der Waals surface area (Å²) in [6, 6.07) is 0. The maximum absolute atomic E-state index is 5.65. The first-order valence-corrected chi connectivity index (χ1v) is 6.88. The van der Waals surface area contributed by atoms with Crippen LogP contribution in [0.3, 0.4) is 0 Å². The van der Waals surface area contributed by atoms with Crippen molar-refractivity contribution in [2.45, 2.75) is 18.9 Å². The number of hydrogen-bond donors (Lipinski definition) is 1. The van der Waals surface area contributed by atoms with E-state index < -0.39 is 0 Å². The van der Waals surface area contributed by atoms with Gasteiger partial charge in [0.05, 0.1) is 6.10 Å². The molecule has 1 aliphatic rings. The van der Waals surface area contributed by atoms with E-state index in [-0.39, 0.29) is 6.10 Å². The van der Waals surface area contributed by atoms with Crippen LogP contribution in [0.15, 0.2) is 12.7 Å². The van der Waals surface area contributed by atoms with Crippen LogP contribution in [0.4, 0.5) is 11.9 Å². The number of aromatic nitrogens is 6. The van der Waals surface area contributed by atoms with E-state index in [0.717, 1.165) is 26.0 Å². The molecule has 1 saturated heterocycles. The SMILES string of the molecule is CNc1nc(N(C)CC2CCCO2)nc(-n2cncn2)n1. The van der Waals surface area contributed by atoms with Crippen molar-refractivity contribution in [3.8, 4) is 5.95 Å². The molecule has 2 aromatic rings. The number of nitrogens with zero attached hydrogens (tertiary/aromatic N) is 7. The van der Waals surface area contributed by atoms with Gasteiger partial charge in [-0.2, -0.15) is 24.7 Å². The third-order valence-corrected chi connectivity index (χ3v) is 3.30. The molecule has 112 valence electrons. The molecule has 2 aromatic heterocycles. The van der Waals surface area contributed by atoms with Gasteiger partial charge in [0.15, 0.2) is 0 Å².